The predicted octanol–water partition coefficient (Wildman–Crippen LogP) is 24.4. The van der Waals surface area contributed by atoms with Gasteiger partial charge in [-0.1, -0.05) is 381 Å². The first-order valence-corrected chi connectivity index (χ1v) is 45.1. The molecule has 5 atom stereocenters. The summed E-state index contributed by atoms with van der Waals surface area (Å²) in [4.78, 5) is 72.9. The number of aliphatic hydroxyl groups excluding tert-OH is 1. The molecule has 0 aliphatic carbocycles. The Kier molecular flexibility index (Phi) is 72.5. The van der Waals surface area contributed by atoms with Crippen LogP contribution in [0.15, 0.2) is 0 Å². The topological polar surface area (TPSA) is 237 Å². The van der Waals surface area contributed by atoms with E-state index in [9.17, 15) is 43.2 Å². The molecule has 0 aliphatic heterocycles. The second-order valence-corrected chi connectivity index (χ2v) is 32.5. The lowest BCUT2D eigenvalue weighted by Crippen LogP contribution is -2.30. The van der Waals surface area contributed by atoms with Crippen LogP contribution in [-0.2, 0) is 65.4 Å². The number of hydrogen-bond acceptors (Lipinski definition) is 15. The molecule has 0 heterocycles. The lowest BCUT2D eigenvalue weighted by atomic mass is 10.0. The molecule has 0 saturated carbocycles. The number of hydrogen-bond donors (Lipinski definition) is 3. The maximum absolute atomic E-state index is 13.1. The summed E-state index contributed by atoms with van der Waals surface area (Å²) in [5, 5.41) is 10.6. The smallest absolute Gasteiger partial charge is 0.462 e. The summed E-state index contributed by atoms with van der Waals surface area (Å²) < 4.78 is 68.6. The third-order valence-corrected chi connectivity index (χ3v) is 20.9. The minimum absolute atomic E-state index is 0.108. The van der Waals surface area contributed by atoms with Gasteiger partial charge < -0.3 is 33.8 Å². The molecule has 0 fully saturated rings. The third kappa shape index (κ3) is 74.3. The average molecular weight is 1470 g/mol. The molecule has 0 aromatic carbocycles. The van der Waals surface area contributed by atoms with E-state index in [2.05, 4.69) is 34.6 Å². The standard InChI is InChI=1S/C81H158O17P2/c1-6-9-12-15-18-20-22-24-26-28-29-34-37-41-45-50-55-60-65-79(84)92-71-77(98-81(86)67-62-57-52-47-43-39-35-31-30-32-36-40-44-49-53-58-63-74(4)5)73-96-100(89,90)94-69-75(82)68-93-99(87,88)95-72-76(70-91-78(83)64-59-54-48-17-14-11-8-3)97-80(85)66-61-56-51-46-42-38-33-27-25-23-21-19-16-13-10-7-2/h74-77,82H,6-73H2,1-5H3,(H,87,88)(H,89,90)/t75-,76+,77+/m0/s1. The second kappa shape index (κ2) is 73.9. The normalized spacial score (nSPS) is 13.8. The van der Waals surface area contributed by atoms with Crippen molar-refractivity contribution >= 4 is 39.5 Å². The summed E-state index contributed by atoms with van der Waals surface area (Å²) in [5.41, 5.74) is 0. The van der Waals surface area contributed by atoms with Crippen LogP contribution in [0.2, 0.25) is 0 Å². The molecule has 0 amide bonds. The van der Waals surface area contributed by atoms with Crippen LogP contribution < -0.4 is 0 Å². The molecule has 594 valence electrons. The Morgan fingerprint density at radius 2 is 0.460 bits per heavy atom. The quantitative estimate of drug-likeness (QED) is 0.0222. The first-order chi connectivity index (χ1) is 48.5. The van der Waals surface area contributed by atoms with Crippen molar-refractivity contribution < 1.29 is 80.2 Å². The first-order valence-electron chi connectivity index (χ1n) is 42.1. The van der Waals surface area contributed by atoms with E-state index < -0.39 is 97.5 Å². The van der Waals surface area contributed by atoms with Crippen molar-refractivity contribution in [2.45, 2.75) is 451 Å². The minimum atomic E-state index is -4.96. The molecule has 0 aliphatic rings. The highest BCUT2D eigenvalue weighted by Crippen LogP contribution is 2.45. The lowest BCUT2D eigenvalue weighted by Gasteiger charge is -2.21. The fraction of sp³-hybridized carbons (Fsp3) is 0.951. The van der Waals surface area contributed by atoms with Crippen LogP contribution >= 0.6 is 15.6 Å². The van der Waals surface area contributed by atoms with Crippen LogP contribution in [0.4, 0.5) is 0 Å². The molecule has 3 N–H and O–H groups in total. The van der Waals surface area contributed by atoms with Gasteiger partial charge in [0.25, 0.3) is 0 Å². The van der Waals surface area contributed by atoms with Crippen molar-refractivity contribution in [3.05, 3.63) is 0 Å². The van der Waals surface area contributed by atoms with Gasteiger partial charge in [-0.05, 0) is 31.6 Å². The van der Waals surface area contributed by atoms with Crippen molar-refractivity contribution in [2.24, 2.45) is 5.92 Å². The van der Waals surface area contributed by atoms with E-state index in [0.717, 1.165) is 109 Å². The molecule has 0 rings (SSSR count). The van der Waals surface area contributed by atoms with Gasteiger partial charge >= 0.3 is 39.5 Å². The molecule has 0 bridgehead atoms. The van der Waals surface area contributed by atoms with Crippen molar-refractivity contribution in [2.75, 3.05) is 39.6 Å². The van der Waals surface area contributed by atoms with Crippen LogP contribution in [0.1, 0.15) is 433 Å². The van der Waals surface area contributed by atoms with Gasteiger partial charge in [0, 0.05) is 25.7 Å². The molecule has 2 unspecified atom stereocenters. The zero-order valence-electron chi connectivity index (χ0n) is 65.3. The Morgan fingerprint density at radius 1 is 0.270 bits per heavy atom. The van der Waals surface area contributed by atoms with E-state index >= 15 is 0 Å². The zero-order valence-corrected chi connectivity index (χ0v) is 67.1. The summed E-state index contributed by atoms with van der Waals surface area (Å²) in [6, 6.07) is 0. The Bertz CT molecular complexity index is 1910. The molecule has 0 radical (unpaired) electrons. The number of phosphoric acid groups is 2. The molecular formula is C81H158O17P2. The second-order valence-electron chi connectivity index (χ2n) is 29.6. The maximum Gasteiger partial charge on any atom is 0.472 e. The zero-order chi connectivity index (χ0) is 73.4. The number of ether oxygens (including phenoxy) is 4. The number of aliphatic hydroxyl groups is 1. The Hall–Kier alpha value is -1.94. The van der Waals surface area contributed by atoms with Gasteiger partial charge in [0.1, 0.15) is 19.3 Å². The maximum atomic E-state index is 13.1. The van der Waals surface area contributed by atoms with Crippen LogP contribution in [0.3, 0.4) is 0 Å². The fourth-order valence-electron chi connectivity index (χ4n) is 12.6. The van der Waals surface area contributed by atoms with Gasteiger partial charge in [0.15, 0.2) is 12.2 Å². The monoisotopic (exact) mass is 1470 g/mol. The number of carbonyl (C=O) groups excluding carboxylic acids is 4. The van der Waals surface area contributed by atoms with Crippen LogP contribution in [0.25, 0.3) is 0 Å². The number of unbranched alkanes of at least 4 members (excludes halogenated alkanes) is 53. The predicted molar refractivity (Wildman–Crippen MR) is 409 cm³/mol. The van der Waals surface area contributed by atoms with Crippen LogP contribution in [-0.4, -0.2) is 96.7 Å². The molecule has 100 heavy (non-hydrogen) atoms. The van der Waals surface area contributed by atoms with Crippen LogP contribution in [0, 0.1) is 5.92 Å². The van der Waals surface area contributed by atoms with E-state index in [0.29, 0.717) is 25.7 Å². The average Bonchev–Trinajstić information content (AvgIpc) is 0.963. The first kappa shape index (κ1) is 98.1. The van der Waals surface area contributed by atoms with Crippen molar-refractivity contribution in [3.63, 3.8) is 0 Å². The minimum Gasteiger partial charge on any atom is -0.462 e. The van der Waals surface area contributed by atoms with Gasteiger partial charge in [-0.2, -0.15) is 0 Å². The van der Waals surface area contributed by atoms with E-state index in [4.69, 9.17) is 37.0 Å². The van der Waals surface area contributed by atoms with Crippen molar-refractivity contribution in [1.29, 1.82) is 0 Å². The lowest BCUT2D eigenvalue weighted by molar-refractivity contribution is -0.161. The summed E-state index contributed by atoms with van der Waals surface area (Å²) in [6.45, 7) is 7.33. The number of esters is 4. The fourth-order valence-corrected chi connectivity index (χ4v) is 14.2. The van der Waals surface area contributed by atoms with E-state index in [1.165, 1.54) is 244 Å². The van der Waals surface area contributed by atoms with Gasteiger partial charge in [0.05, 0.1) is 26.4 Å². The molecule has 0 spiro atoms. The van der Waals surface area contributed by atoms with Gasteiger partial charge in [-0.3, -0.25) is 37.3 Å². The molecular weight excluding hydrogens is 1310 g/mol. The largest absolute Gasteiger partial charge is 0.472 e. The molecule has 0 aromatic heterocycles. The molecule has 17 nitrogen and oxygen atoms in total. The van der Waals surface area contributed by atoms with Gasteiger partial charge in [-0.25, -0.2) is 9.13 Å². The number of rotatable bonds is 81. The third-order valence-electron chi connectivity index (χ3n) is 19.0. The van der Waals surface area contributed by atoms with Gasteiger partial charge in [-0.15, -0.1) is 0 Å². The highest BCUT2D eigenvalue weighted by molar-refractivity contribution is 7.47. The Morgan fingerprint density at radius 3 is 0.680 bits per heavy atom. The highest BCUT2D eigenvalue weighted by atomic mass is 31.2. The molecule has 19 heteroatoms. The molecule has 0 saturated heterocycles. The van der Waals surface area contributed by atoms with Gasteiger partial charge in [0.2, 0.25) is 0 Å². The van der Waals surface area contributed by atoms with Crippen molar-refractivity contribution in [1.82, 2.24) is 0 Å². The summed E-state index contributed by atoms with van der Waals surface area (Å²) in [5.74, 6) is -1.30. The highest BCUT2D eigenvalue weighted by Gasteiger charge is 2.30. The van der Waals surface area contributed by atoms with Crippen LogP contribution in [0.5, 0.6) is 0 Å². The van der Waals surface area contributed by atoms with E-state index in [1.807, 2.05) is 0 Å². The van der Waals surface area contributed by atoms with E-state index in [1.54, 1.807) is 0 Å². The molecule has 0 aromatic rings. The SMILES string of the molecule is CCCCCCCCCCCCCCCCCCCCC(=O)OC[C@H](COP(=O)(O)OC[C@@H](O)COP(=O)(O)OC[C@@H](COC(=O)CCCCCCCCC)OC(=O)CCCCCCCCCCCCCCCCCC)OC(=O)CCCCCCCCCCCCCCCCCCC(C)C. The Labute approximate surface area is 613 Å². The summed E-state index contributed by atoms with van der Waals surface area (Å²) in [6.07, 6.45) is 65.4. The van der Waals surface area contributed by atoms with E-state index in [-0.39, 0.29) is 25.7 Å². The van der Waals surface area contributed by atoms with Crippen molar-refractivity contribution in [3.8, 4) is 0 Å². The summed E-state index contributed by atoms with van der Waals surface area (Å²) in [7, 11) is -9.91. The Balaban J connectivity index is 5.18. The number of carbonyl (C=O) groups is 4. The number of phosphoric ester groups is 2. The summed E-state index contributed by atoms with van der Waals surface area (Å²) >= 11 is 0.